The molecule has 1 aromatic heterocycles. The molecule has 0 bridgehead atoms. The lowest BCUT2D eigenvalue weighted by Crippen LogP contribution is -2.55. The van der Waals surface area contributed by atoms with Crippen LogP contribution in [-0.2, 0) is 14.3 Å². The lowest BCUT2D eigenvalue weighted by atomic mass is 9.78. The predicted octanol–water partition coefficient (Wildman–Crippen LogP) is 4.02. The van der Waals surface area contributed by atoms with E-state index in [4.69, 9.17) is 16.3 Å². The zero-order valence-electron chi connectivity index (χ0n) is 22.2. The van der Waals surface area contributed by atoms with Gasteiger partial charge in [0, 0.05) is 30.1 Å². The van der Waals surface area contributed by atoms with E-state index >= 15 is 0 Å². The van der Waals surface area contributed by atoms with Crippen LogP contribution in [0.1, 0.15) is 43.0 Å². The largest absolute Gasteiger partial charge is 0.366 e. The summed E-state index contributed by atoms with van der Waals surface area (Å²) in [6.07, 6.45) is 6.69. The summed E-state index contributed by atoms with van der Waals surface area (Å²) in [4.78, 5) is 45.5. The molecule has 2 amide bonds. The van der Waals surface area contributed by atoms with Gasteiger partial charge < -0.3 is 15.0 Å². The van der Waals surface area contributed by atoms with Gasteiger partial charge in [0.1, 0.15) is 24.8 Å². The number of alkyl halides is 1. The van der Waals surface area contributed by atoms with Gasteiger partial charge >= 0.3 is 0 Å². The highest BCUT2D eigenvalue weighted by Crippen LogP contribution is 2.35. The minimum atomic E-state index is -0.715. The lowest BCUT2D eigenvalue weighted by molar-refractivity contribution is -0.139. The first-order valence-corrected chi connectivity index (χ1v) is 12.8. The molecule has 3 fully saturated rings. The number of rotatable bonds is 5. The van der Waals surface area contributed by atoms with Gasteiger partial charge in [-0.05, 0) is 48.4 Å². The van der Waals surface area contributed by atoms with Crippen LogP contribution in [0.15, 0.2) is 48.8 Å². The van der Waals surface area contributed by atoms with Crippen molar-refractivity contribution < 1.29 is 19.1 Å². The molecule has 1 saturated carbocycles. The Morgan fingerprint density at radius 3 is 2.35 bits per heavy atom. The standard InChI is InChI=1S/C27H30ClN3O4.5H2S/c1-16-7-9-17(10-8-16)23(27(34)31-14-21(28)25-24(31)22(32)15-35-25)30-26(33)19-5-2-4-18(12-19)20-6-3-11-29-13-20;;;;;/h2-6,11-13,16-17,21,23-25H,7-10,14-15H2,1H3,(H,30,33);5*1H2/t16?,17?,21-,23-,24+,25+;;;;;/m0...../s1. The van der Waals surface area contributed by atoms with Crippen molar-refractivity contribution in [3.63, 3.8) is 0 Å². The number of aromatic nitrogens is 1. The number of carbonyl (C=O) groups is 3. The van der Waals surface area contributed by atoms with Gasteiger partial charge in [-0.3, -0.25) is 19.4 Å². The quantitative estimate of drug-likeness (QED) is 0.488. The van der Waals surface area contributed by atoms with Crippen LogP contribution in [0, 0.1) is 11.8 Å². The second kappa shape index (κ2) is 17.2. The minimum absolute atomic E-state index is 0. The second-order valence-corrected chi connectivity index (χ2v) is 10.5. The number of benzene rings is 1. The average molecular weight is 666 g/mol. The van der Waals surface area contributed by atoms with Gasteiger partial charge in [-0.25, -0.2) is 0 Å². The van der Waals surface area contributed by atoms with E-state index in [9.17, 15) is 14.4 Å². The van der Waals surface area contributed by atoms with E-state index < -0.39 is 23.6 Å². The first-order valence-electron chi connectivity index (χ1n) is 12.3. The first kappa shape index (κ1) is 39.0. The number of likely N-dealkylation sites (tertiary alicyclic amines) is 1. The van der Waals surface area contributed by atoms with Gasteiger partial charge in [0.25, 0.3) is 5.91 Å². The normalized spacial score (nSPS) is 25.4. The zero-order valence-corrected chi connectivity index (χ0v) is 28.0. The van der Waals surface area contributed by atoms with Crippen LogP contribution in [0.25, 0.3) is 11.1 Å². The Kier molecular flexibility index (Phi) is 16.7. The van der Waals surface area contributed by atoms with Crippen LogP contribution in [0.2, 0.25) is 0 Å². The van der Waals surface area contributed by atoms with Gasteiger partial charge in [-0.15, -0.1) is 11.6 Å². The molecule has 224 valence electrons. The van der Waals surface area contributed by atoms with Crippen molar-refractivity contribution in [3.8, 4) is 11.1 Å². The highest BCUT2D eigenvalue weighted by atomic mass is 35.5. The third kappa shape index (κ3) is 8.29. The van der Waals surface area contributed by atoms with E-state index in [0.717, 1.165) is 36.8 Å². The van der Waals surface area contributed by atoms with E-state index in [0.29, 0.717) is 11.5 Å². The Labute approximate surface area is 276 Å². The number of nitrogens with zero attached hydrogens (tertiary/aromatic N) is 2. The Hall–Kier alpha value is -1.02. The van der Waals surface area contributed by atoms with Crippen molar-refractivity contribution >= 4 is 96.7 Å². The third-order valence-electron chi connectivity index (χ3n) is 7.61. The summed E-state index contributed by atoms with van der Waals surface area (Å²) in [5.41, 5.74) is 2.26. The molecule has 1 aromatic carbocycles. The predicted molar refractivity (Wildman–Crippen MR) is 184 cm³/mol. The Balaban J connectivity index is 0.00000304. The number of hydrogen-bond acceptors (Lipinski definition) is 5. The number of nitrogens with one attached hydrogen (secondary N) is 1. The highest BCUT2D eigenvalue weighted by Gasteiger charge is 2.53. The molecule has 0 radical (unpaired) electrons. The fourth-order valence-electron chi connectivity index (χ4n) is 5.60. The fraction of sp³-hybridized carbons (Fsp3) is 0.481. The van der Waals surface area contributed by atoms with Crippen molar-refractivity contribution in [3.05, 3.63) is 54.4 Å². The molecule has 1 aliphatic carbocycles. The summed E-state index contributed by atoms with van der Waals surface area (Å²) in [6.45, 7) is 2.43. The molecule has 2 saturated heterocycles. The number of amides is 2. The number of fused-ring (bicyclic) bond motifs is 1. The van der Waals surface area contributed by atoms with Gasteiger partial charge in [0.15, 0.2) is 5.78 Å². The van der Waals surface area contributed by atoms with Crippen LogP contribution in [-0.4, -0.2) is 64.2 Å². The SMILES string of the molecule is CC1CCC([C@H](NC(=O)c2cccc(-c3cccnc3)c2)C(=O)N2C[C@H](Cl)[C@H]3OCC(=O)[C@H]32)CC1.S.S.S.S.S. The van der Waals surface area contributed by atoms with Crippen LogP contribution in [0.5, 0.6) is 0 Å². The van der Waals surface area contributed by atoms with Gasteiger partial charge in [-0.2, -0.15) is 67.5 Å². The molecule has 2 aromatic rings. The van der Waals surface area contributed by atoms with Crippen LogP contribution in [0.4, 0.5) is 0 Å². The van der Waals surface area contributed by atoms with Crippen LogP contribution >= 0.6 is 79.1 Å². The van der Waals surface area contributed by atoms with Crippen LogP contribution in [0.3, 0.4) is 0 Å². The van der Waals surface area contributed by atoms with Gasteiger partial charge in [0.05, 0.1) is 5.38 Å². The number of pyridine rings is 1. The zero-order chi connectivity index (χ0) is 24.5. The number of carbonyl (C=O) groups excluding carboxylic acids is 3. The Bertz CT molecular complexity index is 1120. The smallest absolute Gasteiger partial charge is 0.251 e. The minimum Gasteiger partial charge on any atom is -0.366 e. The molecule has 2 aliphatic heterocycles. The Morgan fingerprint density at radius 1 is 1.02 bits per heavy atom. The maximum absolute atomic E-state index is 13.9. The van der Waals surface area contributed by atoms with E-state index in [-0.39, 0.29) is 104 Å². The topological polar surface area (TPSA) is 88.6 Å². The fourth-order valence-corrected chi connectivity index (χ4v) is 5.96. The third-order valence-corrected chi connectivity index (χ3v) is 8.00. The van der Waals surface area contributed by atoms with E-state index in [1.165, 1.54) is 0 Å². The van der Waals surface area contributed by atoms with Crippen LogP contribution < -0.4 is 5.32 Å². The summed E-state index contributed by atoms with van der Waals surface area (Å²) in [6, 6.07) is 9.72. The molecule has 7 nitrogen and oxygen atoms in total. The van der Waals surface area contributed by atoms with Gasteiger partial charge in [-0.1, -0.05) is 38.0 Å². The number of ether oxygens (including phenoxy) is 1. The molecule has 3 heterocycles. The molecule has 0 spiro atoms. The van der Waals surface area contributed by atoms with E-state index in [1.54, 1.807) is 23.4 Å². The molecular weight excluding hydrogens is 626 g/mol. The molecule has 4 atom stereocenters. The van der Waals surface area contributed by atoms with E-state index in [1.807, 2.05) is 30.3 Å². The van der Waals surface area contributed by atoms with Crippen molar-refractivity contribution in [2.45, 2.75) is 56.2 Å². The highest BCUT2D eigenvalue weighted by molar-refractivity contribution is 7.60. The maximum atomic E-state index is 13.9. The van der Waals surface area contributed by atoms with Crippen molar-refractivity contribution in [2.75, 3.05) is 13.2 Å². The van der Waals surface area contributed by atoms with Crippen molar-refractivity contribution in [2.24, 2.45) is 11.8 Å². The summed E-state index contributed by atoms with van der Waals surface area (Å²) < 4.78 is 5.56. The maximum Gasteiger partial charge on any atom is 0.251 e. The summed E-state index contributed by atoms with van der Waals surface area (Å²) in [5.74, 6) is -0.0623. The molecule has 13 heteroatoms. The number of Topliss-reactive ketones (excluding diaryl/α,β-unsaturated/α-hetero) is 1. The molecular formula is C27H40ClN3O4S5. The molecule has 5 rings (SSSR count). The summed E-state index contributed by atoms with van der Waals surface area (Å²) in [7, 11) is 0. The number of hydrogen-bond donors (Lipinski definition) is 1. The summed E-state index contributed by atoms with van der Waals surface area (Å²) in [5, 5.41) is 2.61. The summed E-state index contributed by atoms with van der Waals surface area (Å²) >= 11 is 6.44. The molecule has 3 aliphatic rings. The number of ketones is 1. The lowest BCUT2D eigenvalue weighted by Gasteiger charge is -2.35. The van der Waals surface area contributed by atoms with E-state index in [2.05, 4.69) is 17.2 Å². The van der Waals surface area contributed by atoms with Gasteiger partial charge in [0.2, 0.25) is 5.91 Å². The Morgan fingerprint density at radius 2 is 1.70 bits per heavy atom. The molecule has 0 unspecified atom stereocenters. The second-order valence-electron chi connectivity index (χ2n) is 9.99. The van der Waals surface area contributed by atoms with Crippen molar-refractivity contribution in [1.82, 2.24) is 15.2 Å². The monoisotopic (exact) mass is 665 g/mol. The van der Waals surface area contributed by atoms with Crippen molar-refractivity contribution in [1.29, 1.82) is 0 Å². The molecule has 40 heavy (non-hydrogen) atoms. The first-order chi connectivity index (χ1) is 16.9. The molecule has 1 N–H and O–H groups in total. The average Bonchev–Trinajstić information content (AvgIpc) is 3.43. The number of halogens is 1.